The zero-order chi connectivity index (χ0) is 70.3. The summed E-state index contributed by atoms with van der Waals surface area (Å²) in [7, 11) is 0. The van der Waals surface area contributed by atoms with Crippen molar-refractivity contribution in [1.82, 2.24) is 26.3 Å². The number of pyridine rings is 1. The van der Waals surface area contributed by atoms with Crippen LogP contribution in [0.15, 0.2) is 24.4 Å². The highest BCUT2D eigenvalue weighted by Crippen LogP contribution is 2.38. The highest BCUT2D eigenvalue weighted by atomic mass is 16.8. The van der Waals surface area contributed by atoms with Gasteiger partial charge >= 0.3 is 0 Å². The Morgan fingerprint density at radius 3 is 1.19 bits per heavy atom. The van der Waals surface area contributed by atoms with Gasteiger partial charge in [-0.1, -0.05) is 6.07 Å². The predicted molar refractivity (Wildman–Crippen MR) is 304 cm³/mol. The van der Waals surface area contributed by atoms with Crippen molar-refractivity contribution in [2.75, 3.05) is 51.6 Å². The van der Waals surface area contributed by atoms with Crippen LogP contribution >= 0.6 is 0 Å². The second-order valence-electron chi connectivity index (χ2n) is 23.9. The molecular weight excluding hydrogens is 1300 g/mol. The Morgan fingerprint density at radius 2 is 0.719 bits per heavy atom. The molecule has 0 aromatic carbocycles. The van der Waals surface area contributed by atoms with Gasteiger partial charge in [-0.15, -0.1) is 0 Å². The van der Waals surface area contributed by atoms with Crippen molar-refractivity contribution >= 4 is 29.4 Å². The van der Waals surface area contributed by atoms with E-state index in [2.05, 4.69) is 31.6 Å². The van der Waals surface area contributed by atoms with Crippen molar-refractivity contribution in [1.29, 1.82) is 0 Å². The lowest BCUT2D eigenvalue weighted by atomic mass is 9.93. The monoisotopic (exact) mass is 1390 g/mol. The molecule has 96 heavy (non-hydrogen) atoms. The molecule has 0 bridgehead atoms. The minimum Gasteiger partial charge on any atom is -0.394 e. The molecule has 41 nitrogen and oxygen atoms in total. The molecule has 1 aromatic rings. The van der Waals surface area contributed by atoms with E-state index in [1.54, 1.807) is 18.2 Å². The van der Waals surface area contributed by atoms with Crippen LogP contribution in [0.3, 0.4) is 0 Å². The van der Waals surface area contributed by atoms with Gasteiger partial charge < -0.3 is 180 Å². The van der Waals surface area contributed by atoms with Gasteiger partial charge in [0.1, 0.15) is 176 Å². The highest BCUT2D eigenvalue weighted by molar-refractivity contribution is 5.74. The van der Waals surface area contributed by atoms with Gasteiger partial charge in [-0.05, 0) is 12.1 Å². The van der Waals surface area contributed by atoms with Crippen LogP contribution in [0.25, 0.3) is 0 Å². The number of hydrogen-bond acceptors (Lipinski definition) is 37. The number of rotatable bonds is 25. The number of nitrogens with zero attached hydrogens (tertiary/aromatic N) is 1. The maximum Gasteiger partial charge on any atom is 0.217 e. The van der Waals surface area contributed by atoms with Crippen LogP contribution in [-0.4, -0.2) is 381 Å². The van der Waals surface area contributed by atoms with E-state index in [-0.39, 0.29) is 5.82 Å². The number of hydrogen-bond donors (Lipinski definition) is 23. The Labute approximate surface area is 545 Å². The molecule has 0 aliphatic carbocycles. The minimum atomic E-state index is -2.39. The number of ether oxygens (including phenoxy) is 13. The van der Waals surface area contributed by atoms with Gasteiger partial charge in [0.05, 0.1) is 46.2 Å². The summed E-state index contributed by atoms with van der Waals surface area (Å²) in [5, 5.41) is 213. The standard InChI is InChI=1S/C55H88N6O35/c1-16(68)57-28-39(79)44(24(13-66)85-49(28)61-27-7-5-6-8-56-27)92-52-31(60-19(4)71)40(80)45(25(14-67)90-52)93-53-43(83)46(36(76)23(12-65)88-53)94-55-48(96-51-30(59-18(3)70)38(78)33(73)21(10-63)87-51)42(82)35(75)26(91-55)15-84-54-47(41(81)34(74)22(11-64)89-54)95-50-29(58-17(2)69)37(77)32(72)20(9-62)86-50/h5-8,20-26,28-55,62-67,72-83H,9-15H2,1-4H3,(H,56,61)(H,57,68)(H,58,69)(H,59,70)(H,60,71)/t20-,21-,22-,23-,24-,25-,26-,28-,29-,30-,31-,32-,33-,34-,35-,36-,37-,38-,39-,40-,41+,42+,43+,44-,45-,46+,47+,48+,49-,50+,51+,52+,53+,54+,55-/m1/s1. The first-order valence-electron chi connectivity index (χ1n) is 30.6. The molecule has 23 N–H and O–H groups in total. The van der Waals surface area contributed by atoms with Gasteiger partial charge in [0, 0.05) is 33.9 Å². The zero-order valence-corrected chi connectivity index (χ0v) is 51.9. The first-order valence-corrected chi connectivity index (χ1v) is 30.6. The molecule has 7 saturated heterocycles. The largest absolute Gasteiger partial charge is 0.394 e. The number of nitrogens with one attached hydrogen (secondary N) is 5. The van der Waals surface area contributed by atoms with E-state index >= 15 is 0 Å². The van der Waals surface area contributed by atoms with E-state index in [4.69, 9.17) is 61.6 Å². The molecular formula is C55H88N6O35. The fourth-order valence-corrected chi connectivity index (χ4v) is 12.2. The molecule has 7 fully saturated rings. The van der Waals surface area contributed by atoms with E-state index in [9.17, 15) is 111 Å². The number of aliphatic hydroxyl groups is 18. The molecule has 4 amide bonds. The lowest BCUT2D eigenvalue weighted by Gasteiger charge is -2.51. The lowest BCUT2D eigenvalue weighted by molar-refractivity contribution is -0.395. The van der Waals surface area contributed by atoms with Crippen LogP contribution in [0.1, 0.15) is 27.7 Å². The van der Waals surface area contributed by atoms with Crippen molar-refractivity contribution < 1.29 is 173 Å². The number of amides is 4. The third-order valence-corrected chi connectivity index (χ3v) is 17.1. The Balaban J connectivity index is 1.07. The van der Waals surface area contributed by atoms with Crippen LogP contribution in [0.4, 0.5) is 5.82 Å². The highest BCUT2D eigenvalue weighted by Gasteiger charge is 2.59. The topological polar surface area (TPSA) is 625 Å². The van der Waals surface area contributed by atoms with E-state index in [0.717, 1.165) is 27.7 Å². The molecule has 7 aliphatic rings. The van der Waals surface area contributed by atoms with Crippen LogP contribution in [-0.2, 0) is 80.8 Å². The number of carbonyl (C=O) groups is 4. The van der Waals surface area contributed by atoms with Crippen LogP contribution in [0, 0.1) is 0 Å². The van der Waals surface area contributed by atoms with Crippen LogP contribution in [0.2, 0.25) is 0 Å². The van der Waals surface area contributed by atoms with Gasteiger partial charge in [0.25, 0.3) is 0 Å². The lowest BCUT2D eigenvalue weighted by Crippen LogP contribution is -2.71. The van der Waals surface area contributed by atoms with Gasteiger partial charge in [-0.3, -0.25) is 19.2 Å². The van der Waals surface area contributed by atoms with E-state index in [1.807, 2.05) is 0 Å². The fraction of sp³-hybridized carbons (Fsp3) is 0.836. The Bertz CT molecular complexity index is 2640. The minimum absolute atomic E-state index is 0.237. The van der Waals surface area contributed by atoms with Crippen molar-refractivity contribution in [3.8, 4) is 0 Å². The zero-order valence-electron chi connectivity index (χ0n) is 51.9. The van der Waals surface area contributed by atoms with E-state index < -0.39 is 285 Å². The first kappa shape index (κ1) is 77.3. The van der Waals surface area contributed by atoms with Gasteiger partial charge in [0.2, 0.25) is 23.6 Å². The molecule has 548 valence electrons. The third-order valence-electron chi connectivity index (χ3n) is 17.1. The second-order valence-corrected chi connectivity index (χ2v) is 23.9. The molecule has 8 heterocycles. The normalized spacial score (nSPS) is 45.3. The number of carbonyl (C=O) groups excluding carboxylic acids is 4. The molecule has 35 atom stereocenters. The SMILES string of the molecule is CC(=O)N[C@@H]1[C@@H](O)[C@H](O[C@@H]2O[C@H](CO)[C@@H](O[C@@H]3O[C@H](CO)[C@@H](O)[C@H](O[C@H]4O[C@H](CO[C@H]5O[C@H](CO)[C@@H](O)[C@H](O)[C@@H]5O[C@@H]5O[C@H](CO)[C@@H](O)[C@H](O)[C@H]5NC(C)=O)[C@@H](O)[C@H](O)[C@@H]4O[C@@H]4O[C@H](CO)[C@@H](O)[C@H](O)[C@H]4NC(C)=O)[C@@H]3O)[C@H](O)[C@H]2NC(C)=O)[C@@H](CO)O[C@H]1Nc1ccccn1. The summed E-state index contributed by atoms with van der Waals surface area (Å²) >= 11 is 0. The summed E-state index contributed by atoms with van der Waals surface area (Å²) < 4.78 is 77.6. The maximum atomic E-state index is 12.9. The molecule has 8 rings (SSSR count). The van der Waals surface area contributed by atoms with Gasteiger partial charge in [-0.25, -0.2) is 4.98 Å². The Kier molecular flexibility index (Phi) is 27.6. The fourth-order valence-electron chi connectivity index (χ4n) is 12.2. The summed E-state index contributed by atoms with van der Waals surface area (Å²) in [6.45, 7) is -2.80. The maximum absolute atomic E-state index is 12.9. The Hall–Kier alpha value is -4.41. The molecule has 7 aliphatic heterocycles. The van der Waals surface area contributed by atoms with Gasteiger partial charge in [0.15, 0.2) is 44.0 Å². The summed E-state index contributed by atoms with van der Waals surface area (Å²) in [6.07, 6.45) is -59.0. The number of anilines is 1. The molecule has 0 saturated carbocycles. The summed E-state index contributed by atoms with van der Waals surface area (Å²) in [6, 6.07) is -1.73. The van der Waals surface area contributed by atoms with Gasteiger partial charge in [-0.2, -0.15) is 0 Å². The van der Waals surface area contributed by atoms with Crippen molar-refractivity contribution in [3.63, 3.8) is 0 Å². The number of aromatic nitrogens is 1. The molecule has 0 spiro atoms. The van der Waals surface area contributed by atoms with Crippen molar-refractivity contribution in [2.45, 2.75) is 242 Å². The summed E-state index contributed by atoms with van der Waals surface area (Å²) in [5.74, 6) is -2.88. The van der Waals surface area contributed by atoms with Crippen LogP contribution in [0.5, 0.6) is 0 Å². The average Bonchev–Trinajstić information content (AvgIpc) is 0.761. The first-order chi connectivity index (χ1) is 45.6. The van der Waals surface area contributed by atoms with Crippen molar-refractivity contribution in [2.24, 2.45) is 0 Å². The predicted octanol–water partition coefficient (Wildman–Crippen LogP) is -14.2. The summed E-state index contributed by atoms with van der Waals surface area (Å²) in [5.41, 5.74) is 0. The Morgan fingerprint density at radius 1 is 0.365 bits per heavy atom. The van der Waals surface area contributed by atoms with Crippen LogP contribution < -0.4 is 26.6 Å². The molecule has 1 aromatic heterocycles. The summed E-state index contributed by atoms with van der Waals surface area (Å²) in [4.78, 5) is 54.3. The third kappa shape index (κ3) is 17.5. The van der Waals surface area contributed by atoms with Crippen molar-refractivity contribution in [3.05, 3.63) is 24.4 Å². The quantitative estimate of drug-likeness (QED) is 0.0432. The molecule has 41 heteroatoms. The number of aliphatic hydroxyl groups excluding tert-OH is 18. The molecule has 0 unspecified atom stereocenters. The molecule has 0 radical (unpaired) electrons. The second kappa shape index (κ2) is 34.3. The smallest absolute Gasteiger partial charge is 0.217 e. The van der Waals surface area contributed by atoms with E-state index in [0.29, 0.717) is 0 Å². The average molecular weight is 1390 g/mol. The van der Waals surface area contributed by atoms with E-state index in [1.165, 1.54) is 6.20 Å².